The fraction of sp³-hybridized carbons (Fsp3) is 0.259. The summed E-state index contributed by atoms with van der Waals surface area (Å²) in [5.41, 5.74) is 3.77. The van der Waals surface area contributed by atoms with Crippen LogP contribution in [0.1, 0.15) is 66.1 Å². The van der Waals surface area contributed by atoms with Crippen molar-refractivity contribution in [2.75, 3.05) is 17.7 Å². The Morgan fingerprint density at radius 1 is 0.886 bits per heavy atom. The van der Waals surface area contributed by atoms with Crippen molar-refractivity contribution in [1.82, 2.24) is 14.8 Å². The number of nitrogens with one attached hydrogen (secondary N) is 2. The third-order valence-electron chi connectivity index (χ3n) is 5.66. The average Bonchev–Trinajstić information content (AvgIpc) is 3.28. The number of pyridine rings is 1. The number of amides is 2. The van der Waals surface area contributed by atoms with Crippen LogP contribution in [0.2, 0.25) is 0 Å². The smallest absolute Gasteiger partial charge is 0.256 e. The summed E-state index contributed by atoms with van der Waals surface area (Å²) in [4.78, 5) is 30.6. The second-order valence-electron chi connectivity index (χ2n) is 8.88. The van der Waals surface area contributed by atoms with Gasteiger partial charge in [0.25, 0.3) is 11.8 Å². The van der Waals surface area contributed by atoms with E-state index in [1.807, 2.05) is 38.4 Å². The lowest BCUT2D eigenvalue weighted by molar-refractivity contribution is 0.102. The molecule has 2 amide bonds. The average molecular weight is 472 g/mol. The number of aromatic nitrogens is 3. The van der Waals surface area contributed by atoms with Crippen LogP contribution < -0.4 is 15.4 Å². The number of nitrogens with zero attached hydrogens (tertiary/aromatic N) is 3. The highest BCUT2D eigenvalue weighted by atomic mass is 16.5. The second kappa shape index (κ2) is 9.97. The molecule has 0 saturated carbocycles. The molecule has 0 aliphatic rings. The lowest BCUT2D eigenvalue weighted by Gasteiger charge is -2.12. The number of fused-ring (bicyclic) bond motifs is 1. The molecule has 180 valence electrons. The summed E-state index contributed by atoms with van der Waals surface area (Å²) in [5, 5.41) is 10.9. The number of hydrogen-bond acceptors (Lipinski definition) is 5. The van der Waals surface area contributed by atoms with E-state index in [9.17, 15) is 9.59 Å². The van der Waals surface area contributed by atoms with Crippen molar-refractivity contribution in [3.05, 3.63) is 77.6 Å². The molecule has 8 heteroatoms. The maximum Gasteiger partial charge on any atom is 0.256 e. The molecule has 8 nitrogen and oxygen atoms in total. The first-order valence-electron chi connectivity index (χ1n) is 11.5. The van der Waals surface area contributed by atoms with Crippen molar-refractivity contribution in [2.45, 2.75) is 39.7 Å². The number of hydrogen-bond donors (Lipinski definition) is 2. The molecule has 0 fully saturated rings. The number of carbonyl (C=O) groups excluding carboxylic acids is 2. The zero-order valence-corrected chi connectivity index (χ0v) is 20.5. The summed E-state index contributed by atoms with van der Waals surface area (Å²) in [5.74, 6) is 0.376. The van der Waals surface area contributed by atoms with Gasteiger partial charge in [-0.25, -0.2) is 9.67 Å². The molecular formula is C27H29N5O3. The molecule has 0 unspecified atom stereocenters. The zero-order valence-electron chi connectivity index (χ0n) is 20.5. The molecule has 0 atom stereocenters. The summed E-state index contributed by atoms with van der Waals surface area (Å²) in [6.45, 7) is 8.15. The number of ether oxygens (including phenoxy) is 1. The van der Waals surface area contributed by atoms with Crippen LogP contribution in [0.3, 0.4) is 0 Å². The minimum Gasteiger partial charge on any atom is -0.497 e. The molecule has 0 bridgehead atoms. The zero-order chi connectivity index (χ0) is 25.1. The maximum atomic E-state index is 13.2. The normalized spacial score (nSPS) is 11.2. The summed E-state index contributed by atoms with van der Waals surface area (Å²) in [7, 11) is 1.59. The van der Waals surface area contributed by atoms with Gasteiger partial charge in [0.2, 0.25) is 0 Å². The van der Waals surface area contributed by atoms with E-state index >= 15 is 0 Å². The van der Waals surface area contributed by atoms with Gasteiger partial charge in [-0.15, -0.1) is 0 Å². The summed E-state index contributed by atoms with van der Waals surface area (Å²) in [6.07, 6.45) is 1.69. The van der Waals surface area contributed by atoms with E-state index in [2.05, 4.69) is 15.7 Å². The Hall–Kier alpha value is -4.20. The minimum absolute atomic E-state index is 0.120. The SMILES string of the molecule is COc1ccc(NC(=O)c2ccc(NC(=O)c3cc(C(C)C)nc4c3cnn4C(C)C)cc2)cc1. The lowest BCUT2D eigenvalue weighted by atomic mass is 10.0. The molecule has 0 radical (unpaired) electrons. The maximum absolute atomic E-state index is 13.2. The second-order valence-corrected chi connectivity index (χ2v) is 8.88. The molecule has 0 saturated heterocycles. The number of benzene rings is 2. The van der Waals surface area contributed by atoms with Gasteiger partial charge in [0, 0.05) is 28.7 Å². The van der Waals surface area contributed by atoms with E-state index in [-0.39, 0.29) is 23.8 Å². The van der Waals surface area contributed by atoms with Gasteiger partial charge in [0.15, 0.2) is 5.65 Å². The van der Waals surface area contributed by atoms with E-state index in [1.54, 1.807) is 61.8 Å². The Labute approximate surface area is 204 Å². The van der Waals surface area contributed by atoms with E-state index in [1.165, 1.54) is 0 Å². The minimum atomic E-state index is -0.252. The number of anilines is 2. The van der Waals surface area contributed by atoms with E-state index in [4.69, 9.17) is 9.72 Å². The van der Waals surface area contributed by atoms with Crippen molar-refractivity contribution in [2.24, 2.45) is 0 Å². The Kier molecular flexibility index (Phi) is 6.82. The van der Waals surface area contributed by atoms with Gasteiger partial charge in [-0.2, -0.15) is 5.10 Å². The van der Waals surface area contributed by atoms with Crippen molar-refractivity contribution in [1.29, 1.82) is 0 Å². The number of carbonyl (C=O) groups is 2. The topological polar surface area (TPSA) is 98.1 Å². The van der Waals surface area contributed by atoms with Gasteiger partial charge in [0.05, 0.1) is 24.3 Å². The van der Waals surface area contributed by atoms with Crippen LogP contribution >= 0.6 is 0 Å². The van der Waals surface area contributed by atoms with Gasteiger partial charge < -0.3 is 15.4 Å². The van der Waals surface area contributed by atoms with Crippen molar-refractivity contribution >= 4 is 34.2 Å². The molecule has 4 rings (SSSR count). The highest BCUT2D eigenvalue weighted by Crippen LogP contribution is 2.25. The molecule has 0 spiro atoms. The van der Waals surface area contributed by atoms with Crippen LogP contribution in [0.4, 0.5) is 11.4 Å². The standard InChI is InChI=1S/C27H29N5O3/c1-16(2)24-14-22(23-15-28-32(17(3)4)25(23)31-24)27(34)30-19-8-6-18(7-9-19)26(33)29-20-10-12-21(35-5)13-11-20/h6-17H,1-5H3,(H,29,33)(H,30,34). The highest BCUT2D eigenvalue weighted by molar-refractivity contribution is 6.12. The Balaban J connectivity index is 1.52. The molecule has 0 aliphatic heterocycles. The number of rotatable bonds is 7. The first-order chi connectivity index (χ1) is 16.8. The highest BCUT2D eigenvalue weighted by Gasteiger charge is 2.19. The molecule has 2 heterocycles. The van der Waals surface area contributed by atoms with Crippen molar-refractivity contribution in [3.63, 3.8) is 0 Å². The monoisotopic (exact) mass is 471 g/mol. The lowest BCUT2D eigenvalue weighted by Crippen LogP contribution is -2.15. The van der Waals surface area contributed by atoms with Gasteiger partial charge >= 0.3 is 0 Å². The predicted octanol–water partition coefficient (Wildman–Crippen LogP) is 5.65. The molecule has 35 heavy (non-hydrogen) atoms. The van der Waals surface area contributed by atoms with Crippen LogP contribution in [-0.2, 0) is 0 Å². The molecule has 2 aromatic heterocycles. The van der Waals surface area contributed by atoms with E-state index in [0.717, 1.165) is 5.69 Å². The Bertz CT molecular complexity index is 1360. The molecule has 0 aliphatic carbocycles. The van der Waals surface area contributed by atoms with Gasteiger partial charge in [-0.3, -0.25) is 9.59 Å². The van der Waals surface area contributed by atoms with Crippen molar-refractivity contribution < 1.29 is 14.3 Å². The largest absolute Gasteiger partial charge is 0.497 e. The van der Waals surface area contributed by atoms with Crippen LogP contribution in [0.5, 0.6) is 5.75 Å². The Morgan fingerprint density at radius 3 is 2.06 bits per heavy atom. The quantitative estimate of drug-likeness (QED) is 0.363. The molecule has 2 N–H and O–H groups in total. The summed E-state index contributed by atoms with van der Waals surface area (Å²) < 4.78 is 6.96. The van der Waals surface area contributed by atoms with Gasteiger partial charge in [-0.1, -0.05) is 13.8 Å². The molecule has 2 aromatic carbocycles. The third-order valence-corrected chi connectivity index (χ3v) is 5.66. The molecule has 4 aromatic rings. The fourth-order valence-corrected chi connectivity index (χ4v) is 3.68. The first kappa shape index (κ1) is 23.9. The first-order valence-corrected chi connectivity index (χ1v) is 11.5. The van der Waals surface area contributed by atoms with Crippen molar-refractivity contribution in [3.8, 4) is 5.75 Å². The van der Waals surface area contributed by atoms with E-state index < -0.39 is 0 Å². The van der Waals surface area contributed by atoms with Gasteiger partial charge in [-0.05, 0) is 74.4 Å². The fourth-order valence-electron chi connectivity index (χ4n) is 3.68. The molecular weight excluding hydrogens is 442 g/mol. The number of methoxy groups -OCH3 is 1. The van der Waals surface area contributed by atoms with Crippen LogP contribution in [-0.4, -0.2) is 33.7 Å². The summed E-state index contributed by atoms with van der Waals surface area (Å²) in [6, 6.07) is 15.8. The van der Waals surface area contributed by atoms with E-state index in [0.29, 0.717) is 39.3 Å². The van der Waals surface area contributed by atoms with Crippen LogP contribution in [0.15, 0.2) is 60.8 Å². The third kappa shape index (κ3) is 5.16. The Morgan fingerprint density at radius 2 is 1.49 bits per heavy atom. The van der Waals surface area contributed by atoms with Gasteiger partial charge in [0.1, 0.15) is 5.75 Å². The van der Waals surface area contributed by atoms with Crippen LogP contribution in [0, 0.1) is 0 Å². The summed E-state index contributed by atoms with van der Waals surface area (Å²) >= 11 is 0. The van der Waals surface area contributed by atoms with Crippen LogP contribution in [0.25, 0.3) is 11.0 Å². The predicted molar refractivity (Wildman–Crippen MR) is 137 cm³/mol.